The van der Waals surface area contributed by atoms with Crippen LogP contribution in [0.1, 0.15) is 30.7 Å². The van der Waals surface area contributed by atoms with Crippen LogP contribution in [0, 0.1) is 5.92 Å². The number of hydrazine groups is 1. The van der Waals surface area contributed by atoms with Crippen LogP contribution >= 0.6 is 0 Å². The smallest absolute Gasteiger partial charge is 0.241 e. The number of hydrogen-bond donors (Lipinski definition) is 3. The van der Waals surface area contributed by atoms with Crippen LogP contribution in [0.3, 0.4) is 0 Å². The first-order valence-electron chi connectivity index (χ1n) is 7.14. The molecule has 1 aromatic heterocycles. The first-order valence-corrected chi connectivity index (χ1v) is 7.14. The molecule has 2 aliphatic heterocycles. The SMILES string of the molecule is O=C(C1NNC2CCCC21)N1CCc2nc[nH]c2C1. The van der Waals surface area contributed by atoms with Crippen molar-refractivity contribution in [1.82, 2.24) is 25.7 Å². The molecular formula is C13H19N5O. The minimum absolute atomic E-state index is 0.0445. The van der Waals surface area contributed by atoms with E-state index in [9.17, 15) is 4.79 Å². The van der Waals surface area contributed by atoms with E-state index >= 15 is 0 Å². The third-order valence-electron chi connectivity index (χ3n) is 4.77. The van der Waals surface area contributed by atoms with Gasteiger partial charge in [0.2, 0.25) is 5.91 Å². The molecule has 1 saturated carbocycles. The lowest BCUT2D eigenvalue weighted by atomic mass is 9.95. The molecule has 1 saturated heterocycles. The molecule has 3 aliphatic rings. The van der Waals surface area contributed by atoms with Crippen LogP contribution in [0.5, 0.6) is 0 Å². The Balaban J connectivity index is 1.49. The van der Waals surface area contributed by atoms with Gasteiger partial charge in [0.05, 0.1) is 24.3 Å². The number of nitrogens with zero attached hydrogens (tertiary/aromatic N) is 2. The van der Waals surface area contributed by atoms with E-state index in [1.54, 1.807) is 6.33 Å². The third kappa shape index (κ3) is 1.78. The average molecular weight is 261 g/mol. The summed E-state index contributed by atoms with van der Waals surface area (Å²) in [6.45, 7) is 1.45. The van der Waals surface area contributed by atoms with Crippen LogP contribution in [0.4, 0.5) is 0 Å². The second-order valence-electron chi connectivity index (χ2n) is 5.81. The number of amides is 1. The van der Waals surface area contributed by atoms with Gasteiger partial charge in [0.25, 0.3) is 0 Å². The van der Waals surface area contributed by atoms with Gasteiger partial charge in [-0.3, -0.25) is 10.2 Å². The molecule has 0 bridgehead atoms. The molecule has 0 spiro atoms. The molecule has 0 radical (unpaired) electrons. The van der Waals surface area contributed by atoms with Crippen molar-refractivity contribution in [3.63, 3.8) is 0 Å². The number of nitrogens with one attached hydrogen (secondary N) is 3. The summed E-state index contributed by atoms with van der Waals surface area (Å²) in [5, 5.41) is 0. The lowest BCUT2D eigenvalue weighted by Gasteiger charge is -2.30. The number of carbonyl (C=O) groups is 1. The largest absolute Gasteiger partial charge is 0.347 e. The molecule has 3 unspecified atom stereocenters. The fraction of sp³-hybridized carbons (Fsp3) is 0.692. The second kappa shape index (κ2) is 4.31. The highest BCUT2D eigenvalue weighted by atomic mass is 16.2. The van der Waals surface area contributed by atoms with Crippen molar-refractivity contribution >= 4 is 5.91 Å². The fourth-order valence-electron chi connectivity index (χ4n) is 3.71. The quantitative estimate of drug-likeness (QED) is 0.662. The van der Waals surface area contributed by atoms with Gasteiger partial charge in [-0.15, -0.1) is 0 Å². The zero-order valence-corrected chi connectivity index (χ0v) is 10.9. The van der Waals surface area contributed by atoms with Crippen LogP contribution < -0.4 is 10.9 Å². The monoisotopic (exact) mass is 261 g/mol. The first kappa shape index (κ1) is 11.4. The summed E-state index contributed by atoms with van der Waals surface area (Å²) in [7, 11) is 0. The lowest BCUT2D eigenvalue weighted by molar-refractivity contribution is -0.135. The van der Waals surface area contributed by atoms with Crippen molar-refractivity contribution in [3.05, 3.63) is 17.7 Å². The summed E-state index contributed by atoms with van der Waals surface area (Å²) in [4.78, 5) is 22.0. The number of H-pyrrole nitrogens is 1. The highest BCUT2D eigenvalue weighted by Gasteiger charge is 2.44. The van der Waals surface area contributed by atoms with Gasteiger partial charge in [0, 0.05) is 24.9 Å². The number of aromatic nitrogens is 2. The lowest BCUT2D eigenvalue weighted by Crippen LogP contribution is -2.49. The van der Waals surface area contributed by atoms with Gasteiger partial charge >= 0.3 is 0 Å². The van der Waals surface area contributed by atoms with E-state index in [0.29, 0.717) is 18.5 Å². The number of rotatable bonds is 1. The molecule has 6 nitrogen and oxygen atoms in total. The Morgan fingerprint density at radius 1 is 1.37 bits per heavy atom. The first-order chi connectivity index (χ1) is 9.33. The fourth-order valence-corrected chi connectivity index (χ4v) is 3.71. The van der Waals surface area contributed by atoms with Crippen LogP contribution in [-0.4, -0.2) is 39.4 Å². The number of fused-ring (bicyclic) bond motifs is 2. The highest BCUT2D eigenvalue weighted by Crippen LogP contribution is 2.32. The molecule has 3 atom stereocenters. The van der Waals surface area contributed by atoms with E-state index in [-0.39, 0.29) is 11.9 Å². The Hall–Kier alpha value is -1.40. The minimum atomic E-state index is -0.0445. The summed E-state index contributed by atoms with van der Waals surface area (Å²) in [5.41, 5.74) is 8.69. The van der Waals surface area contributed by atoms with Crippen LogP contribution in [-0.2, 0) is 17.8 Å². The average Bonchev–Trinajstić information content (AvgIpc) is 3.12. The molecular weight excluding hydrogens is 242 g/mol. The molecule has 2 fully saturated rings. The standard InChI is InChI=1S/C13H19N5O/c19-13(12-8-2-1-3-9(8)16-17-12)18-5-4-10-11(6-18)15-7-14-10/h7-9,12,16-17H,1-6H2,(H,14,15). The Labute approximate surface area is 111 Å². The molecule has 0 aromatic carbocycles. The predicted octanol–water partition coefficient (Wildman–Crippen LogP) is -0.0605. The summed E-state index contributed by atoms with van der Waals surface area (Å²) < 4.78 is 0. The number of aromatic amines is 1. The summed E-state index contributed by atoms with van der Waals surface area (Å²) in [6, 6.07) is 0.443. The molecule has 1 aromatic rings. The summed E-state index contributed by atoms with van der Waals surface area (Å²) >= 11 is 0. The molecule has 102 valence electrons. The van der Waals surface area contributed by atoms with E-state index in [4.69, 9.17) is 0 Å². The van der Waals surface area contributed by atoms with Crippen molar-refractivity contribution in [2.45, 2.75) is 44.3 Å². The van der Waals surface area contributed by atoms with Gasteiger partial charge in [-0.25, -0.2) is 10.4 Å². The Bertz CT molecular complexity index is 499. The van der Waals surface area contributed by atoms with Gasteiger partial charge in [0.1, 0.15) is 6.04 Å². The maximum Gasteiger partial charge on any atom is 0.241 e. The molecule has 1 aliphatic carbocycles. The maximum atomic E-state index is 12.7. The maximum absolute atomic E-state index is 12.7. The normalized spacial score (nSPS) is 33.3. The molecule has 4 rings (SSSR count). The summed E-state index contributed by atoms with van der Waals surface area (Å²) in [5.74, 6) is 0.706. The van der Waals surface area contributed by atoms with E-state index < -0.39 is 0 Å². The Kier molecular flexibility index (Phi) is 2.60. The van der Waals surface area contributed by atoms with Crippen molar-refractivity contribution in [2.75, 3.05) is 6.54 Å². The van der Waals surface area contributed by atoms with E-state index in [0.717, 1.165) is 30.8 Å². The molecule has 19 heavy (non-hydrogen) atoms. The van der Waals surface area contributed by atoms with E-state index in [2.05, 4.69) is 20.8 Å². The molecule has 6 heteroatoms. The van der Waals surface area contributed by atoms with Crippen LogP contribution in [0.15, 0.2) is 6.33 Å². The van der Waals surface area contributed by atoms with Gasteiger partial charge in [-0.05, 0) is 12.8 Å². The van der Waals surface area contributed by atoms with Crippen LogP contribution in [0.2, 0.25) is 0 Å². The van der Waals surface area contributed by atoms with Crippen molar-refractivity contribution < 1.29 is 4.79 Å². The molecule has 1 amide bonds. The molecule has 3 N–H and O–H groups in total. The zero-order chi connectivity index (χ0) is 12.8. The number of carbonyl (C=O) groups excluding carboxylic acids is 1. The zero-order valence-electron chi connectivity index (χ0n) is 10.9. The highest BCUT2D eigenvalue weighted by molar-refractivity contribution is 5.83. The third-order valence-corrected chi connectivity index (χ3v) is 4.77. The van der Waals surface area contributed by atoms with Gasteiger partial charge in [-0.2, -0.15) is 0 Å². The second-order valence-corrected chi connectivity index (χ2v) is 5.81. The number of hydrogen-bond acceptors (Lipinski definition) is 4. The molecule has 3 heterocycles. The number of imidazole rings is 1. The Morgan fingerprint density at radius 3 is 3.26 bits per heavy atom. The van der Waals surface area contributed by atoms with Crippen molar-refractivity contribution in [1.29, 1.82) is 0 Å². The van der Waals surface area contributed by atoms with Crippen molar-refractivity contribution in [3.8, 4) is 0 Å². The minimum Gasteiger partial charge on any atom is -0.347 e. The predicted molar refractivity (Wildman–Crippen MR) is 68.9 cm³/mol. The topological polar surface area (TPSA) is 73.1 Å². The summed E-state index contributed by atoms with van der Waals surface area (Å²) in [6.07, 6.45) is 6.16. The Morgan fingerprint density at radius 2 is 2.32 bits per heavy atom. The van der Waals surface area contributed by atoms with Crippen LogP contribution in [0.25, 0.3) is 0 Å². The van der Waals surface area contributed by atoms with Crippen molar-refractivity contribution in [2.24, 2.45) is 5.92 Å². The van der Waals surface area contributed by atoms with E-state index in [1.807, 2.05) is 4.90 Å². The van der Waals surface area contributed by atoms with Gasteiger partial charge in [0.15, 0.2) is 0 Å². The van der Waals surface area contributed by atoms with Gasteiger partial charge in [-0.1, -0.05) is 6.42 Å². The van der Waals surface area contributed by atoms with E-state index in [1.165, 1.54) is 12.8 Å². The van der Waals surface area contributed by atoms with Gasteiger partial charge < -0.3 is 9.88 Å².